The van der Waals surface area contributed by atoms with Crippen LogP contribution in [-0.2, 0) is 17.9 Å². The highest BCUT2D eigenvalue weighted by Gasteiger charge is 2.17. The van der Waals surface area contributed by atoms with Crippen molar-refractivity contribution in [3.8, 4) is 6.07 Å². The molecule has 6 heteroatoms. The molecule has 0 spiro atoms. The van der Waals surface area contributed by atoms with Gasteiger partial charge in [0, 0.05) is 41.6 Å². The number of halogens is 2. The van der Waals surface area contributed by atoms with Crippen LogP contribution in [-0.4, -0.2) is 22.4 Å². The summed E-state index contributed by atoms with van der Waals surface area (Å²) in [7, 11) is 1.65. The lowest BCUT2D eigenvalue weighted by atomic mass is 10.1. The van der Waals surface area contributed by atoms with Crippen molar-refractivity contribution in [2.45, 2.75) is 40.3 Å². The molecule has 0 aliphatic heterocycles. The minimum atomic E-state index is -0.344. The summed E-state index contributed by atoms with van der Waals surface area (Å²) in [6.45, 7) is 7.36. The molecule has 2 aromatic rings. The van der Waals surface area contributed by atoms with Gasteiger partial charge in [-0.25, -0.2) is 0 Å². The fraction of sp³-hybridized carbons (Fsp3) is 0.333. The predicted octanol–water partition coefficient (Wildman–Crippen LogP) is 5.39. The standard InChI is InChI=1S/C21H23Cl2N3O/c1-5-8-26-14(2)9-17(15(26)3)10-18(12-24)21(27)25(4)13-16-6-7-19(22)11-20(16)23/h6-7,9-11H,5,8,13H2,1-4H3/b18-10-. The molecule has 0 bridgehead atoms. The zero-order chi connectivity index (χ0) is 20.1. The molecule has 0 aliphatic rings. The van der Waals surface area contributed by atoms with Gasteiger partial charge < -0.3 is 9.47 Å². The number of carbonyl (C=O) groups is 1. The Morgan fingerprint density at radius 1 is 1.30 bits per heavy atom. The Hall–Kier alpha value is -2.22. The average Bonchev–Trinajstić information content (AvgIpc) is 2.89. The number of benzene rings is 1. The number of carbonyl (C=O) groups excluding carboxylic acids is 1. The molecule has 0 atom stereocenters. The molecule has 27 heavy (non-hydrogen) atoms. The predicted molar refractivity (Wildman–Crippen MR) is 111 cm³/mol. The number of nitrogens with zero attached hydrogens (tertiary/aromatic N) is 3. The SMILES string of the molecule is CCCn1c(C)cc(/C=C(/C#N)C(=O)N(C)Cc2ccc(Cl)cc2Cl)c1C. The summed E-state index contributed by atoms with van der Waals surface area (Å²) in [5, 5.41) is 10.6. The van der Waals surface area contributed by atoms with Crippen molar-refractivity contribution >= 4 is 35.2 Å². The molecule has 0 radical (unpaired) electrons. The number of likely N-dealkylation sites (N-methyl/N-ethyl adjacent to an activating group) is 1. The maximum atomic E-state index is 12.7. The fourth-order valence-electron chi connectivity index (χ4n) is 3.02. The van der Waals surface area contributed by atoms with Gasteiger partial charge in [-0.2, -0.15) is 5.26 Å². The molecule has 0 saturated heterocycles. The van der Waals surface area contributed by atoms with Crippen molar-refractivity contribution in [3.05, 3.63) is 62.4 Å². The van der Waals surface area contributed by atoms with Crippen LogP contribution in [0.25, 0.3) is 6.08 Å². The minimum Gasteiger partial charge on any atom is -0.349 e. The van der Waals surface area contributed by atoms with Crippen molar-refractivity contribution < 1.29 is 4.79 Å². The summed E-state index contributed by atoms with van der Waals surface area (Å²) in [5.41, 5.74) is 3.93. The molecule has 1 aromatic heterocycles. The first-order valence-corrected chi connectivity index (χ1v) is 9.52. The van der Waals surface area contributed by atoms with E-state index in [4.69, 9.17) is 23.2 Å². The normalized spacial score (nSPS) is 11.4. The van der Waals surface area contributed by atoms with E-state index in [0.29, 0.717) is 16.6 Å². The summed E-state index contributed by atoms with van der Waals surface area (Å²) in [6.07, 6.45) is 2.69. The van der Waals surface area contributed by atoms with E-state index in [0.717, 1.165) is 35.5 Å². The third-order valence-electron chi connectivity index (χ3n) is 4.48. The number of hydrogen-bond donors (Lipinski definition) is 0. The van der Waals surface area contributed by atoms with Crippen molar-refractivity contribution in [1.82, 2.24) is 9.47 Å². The second-order valence-electron chi connectivity index (χ2n) is 6.54. The van der Waals surface area contributed by atoms with E-state index in [1.54, 1.807) is 31.3 Å². The van der Waals surface area contributed by atoms with Gasteiger partial charge in [-0.3, -0.25) is 4.79 Å². The zero-order valence-corrected chi connectivity index (χ0v) is 17.5. The number of rotatable bonds is 6. The zero-order valence-electron chi connectivity index (χ0n) is 16.0. The third kappa shape index (κ3) is 4.94. The summed E-state index contributed by atoms with van der Waals surface area (Å²) in [6, 6.07) is 9.19. The van der Waals surface area contributed by atoms with E-state index in [9.17, 15) is 10.1 Å². The first-order chi connectivity index (χ1) is 12.8. The Bertz CT molecular complexity index is 922. The lowest BCUT2D eigenvalue weighted by Gasteiger charge is -2.17. The van der Waals surface area contributed by atoms with Crippen molar-refractivity contribution in [2.75, 3.05) is 7.05 Å². The Labute approximate surface area is 170 Å². The van der Waals surface area contributed by atoms with Gasteiger partial charge in [0.25, 0.3) is 5.91 Å². The third-order valence-corrected chi connectivity index (χ3v) is 5.07. The van der Waals surface area contributed by atoms with Gasteiger partial charge in [0.1, 0.15) is 11.6 Å². The largest absolute Gasteiger partial charge is 0.349 e. The molecule has 1 aromatic carbocycles. The second kappa shape index (κ2) is 9.12. The van der Waals surface area contributed by atoms with Gasteiger partial charge in [-0.15, -0.1) is 0 Å². The Kier molecular flexibility index (Phi) is 7.12. The van der Waals surface area contributed by atoms with Crippen LogP contribution in [0.15, 0.2) is 29.8 Å². The van der Waals surface area contributed by atoms with E-state index >= 15 is 0 Å². The minimum absolute atomic E-state index is 0.0966. The van der Waals surface area contributed by atoms with Crippen molar-refractivity contribution in [1.29, 1.82) is 5.26 Å². The Balaban J connectivity index is 2.26. The smallest absolute Gasteiger partial charge is 0.264 e. The van der Waals surface area contributed by atoms with Crippen LogP contribution < -0.4 is 0 Å². The maximum Gasteiger partial charge on any atom is 0.264 e. The van der Waals surface area contributed by atoms with Crippen LogP contribution in [0, 0.1) is 25.2 Å². The highest BCUT2D eigenvalue weighted by Crippen LogP contribution is 2.23. The quantitative estimate of drug-likeness (QED) is 0.479. The number of aromatic nitrogens is 1. The number of nitriles is 1. The highest BCUT2D eigenvalue weighted by atomic mass is 35.5. The van der Waals surface area contributed by atoms with Gasteiger partial charge in [0.2, 0.25) is 0 Å². The topological polar surface area (TPSA) is 49.0 Å². The molecule has 2 rings (SSSR count). The van der Waals surface area contributed by atoms with Crippen LogP contribution in [0.4, 0.5) is 0 Å². The van der Waals surface area contributed by atoms with Gasteiger partial charge in [0.05, 0.1) is 0 Å². The highest BCUT2D eigenvalue weighted by molar-refractivity contribution is 6.35. The Morgan fingerprint density at radius 2 is 2.00 bits per heavy atom. The van der Waals surface area contributed by atoms with Crippen LogP contribution in [0.5, 0.6) is 0 Å². The Morgan fingerprint density at radius 3 is 2.59 bits per heavy atom. The molecule has 142 valence electrons. The number of hydrogen-bond acceptors (Lipinski definition) is 2. The van der Waals surface area contributed by atoms with E-state index in [1.165, 1.54) is 4.90 Å². The first kappa shape index (κ1) is 21.1. The lowest BCUT2D eigenvalue weighted by Crippen LogP contribution is -2.27. The molecular formula is C21H23Cl2N3O. The van der Waals surface area contributed by atoms with Crippen molar-refractivity contribution in [2.24, 2.45) is 0 Å². The molecule has 0 N–H and O–H groups in total. The van der Waals surface area contributed by atoms with Gasteiger partial charge in [0.15, 0.2) is 0 Å². The maximum absolute atomic E-state index is 12.7. The molecule has 1 heterocycles. The number of aryl methyl sites for hydroxylation is 1. The van der Waals surface area contributed by atoms with E-state index in [-0.39, 0.29) is 11.5 Å². The summed E-state index contributed by atoms with van der Waals surface area (Å²) >= 11 is 12.1. The summed E-state index contributed by atoms with van der Waals surface area (Å²) in [5.74, 6) is -0.344. The molecule has 1 amide bonds. The molecule has 4 nitrogen and oxygen atoms in total. The van der Waals surface area contributed by atoms with Crippen LogP contribution in [0.1, 0.15) is 35.9 Å². The molecule has 0 aliphatic carbocycles. The second-order valence-corrected chi connectivity index (χ2v) is 7.39. The lowest BCUT2D eigenvalue weighted by molar-refractivity contribution is -0.125. The van der Waals surface area contributed by atoms with Crippen LogP contribution in [0.2, 0.25) is 10.0 Å². The van der Waals surface area contributed by atoms with Crippen LogP contribution >= 0.6 is 23.2 Å². The summed E-state index contributed by atoms with van der Waals surface area (Å²) in [4.78, 5) is 14.2. The van der Waals surface area contributed by atoms with Gasteiger partial charge in [-0.1, -0.05) is 36.2 Å². The van der Waals surface area contributed by atoms with Crippen LogP contribution in [0.3, 0.4) is 0 Å². The molecule has 0 fully saturated rings. The van der Waals surface area contributed by atoms with E-state index in [1.807, 2.05) is 26.0 Å². The monoisotopic (exact) mass is 403 g/mol. The molecular weight excluding hydrogens is 381 g/mol. The average molecular weight is 404 g/mol. The number of amides is 1. The van der Waals surface area contributed by atoms with Crippen molar-refractivity contribution in [3.63, 3.8) is 0 Å². The van der Waals surface area contributed by atoms with Gasteiger partial charge in [-0.05, 0) is 55.7 Å². The first-order valence-electron chi connectivity index (χ1n) is 8.76. The van der Waals surface area contributed by atoms with E-state index in [2.05, 4.69) is 11.5 Å². The fourth-order valence-corrected chi connectivity index (χ4v) is 3.49. The van der Waals surface area contributed by atoms with Gasteiger partial charge >= 0.3 is 0 Å². The molecule has 0 unspecified atom stereocenters. The molecule has 0 saturated carbocycles. The van der Waals surface area contributed by atoms with E-state index < -0.39 is 0 Å². The summed E-state index contributed by atoms with van der Waals surface area (Å²) < 4.78 is 2.20.